The Balaban J connectivity index is 2.08. The molecule has 2 aromatic rings. The highest BCUT2D eigenvalue weighted by Gasteiger charge is 2.34. The van der Waals surface area contributed by atoms with Gasteiger partial charge in [0.1, 0.15) is 6.17 Å². The van der Waals surface area contributed by atoms with Gasteiger partial charge in [-0.05, 0) is 25.3 Å². The molecule has 0 bridgehead atoms. The first-order valence-electron chi connectivity index (χ1n) is 6.06. The predicted molar refractivity (Wildman–Crippen MR) is 61.0 cm³/mol. The van der Waals surface area contributed by atoms with Crippen LogP contribution in [0.25, 0.3) is 5.52 Å². The number of aromatic amines is 1. The lowest BCUT2D eigenvalue weighted by molar-refractivity contribution is -0.654. The fourth-order valence-corrected chi connectivity index (χ4v) is 2.55. The number of carbonyl (C=O) groups is 1. The van der Waals surface area contributed by atoms with Gasteiger partial charge in [-0.3, -0.25) is 0 Å². The number of carbonyl (C=O) groups excluding carboxylic acids is 1. The molecule has 5 nitrogen and oxygen atoms in total. The molecule has 2 atom stereocenters. The normalized spacial score (nSPS) is 23.1. The number of hydrogen-bond acceptors (Lipinski definition) is 2. The molecule has 1 fully saturated rings. The monoisotopic (exact) mass is 268 g/mol. The largest absolute Gasteiger partial charge is 0.362 e. The van der Waals surface area contributed by atoms with E-state index in [0.29, 0.717) is 12.8 Å². The Hall–Kier alpha value is -2.05. The molecule has 2 heterocycles. The fourth-order valence-electron chi connectivity index (χ4n) is 2.55. The van der Waals surface area contributed by atoms with Gasteiger partial charge in [-0.2, -0.15) is 4.52 Å². The van der Waals surface area contributed by atoms with Crippen molar-refractivity contribution in [2.45, 2.75) is 25.4 Å². The Morgan fingerprint density at radius 2 is 2.26 bits per heavy atom. The van der Waals surface area contributed by atoms with Crippen molar-refractivity contribution in [2.75, 3.05) is 0 Å². The quantitative estimate of drug-likeness (QED) is 0.779. The van der Waals surface area contributed by atoms with Crippen molar-refractivity contribution in [3.05, 3.63) is 34.8 Å². The molecule has 0 saturated heterocycles. The van der Waals surface area contributed by atoms with Crippen LogP contribution in [0.2, 0.25) is 0 Å². The lowest BCUT2D eigenvalue weighted by Gasteiger charge is -2.06. The van der Waals surface area contributed by atoms with Gasteiger partial charge in [-0.25, -0.2) is 23.4 Å². The molecule has 1 aliphatic carbocycles. The molecule has 100 valence electrons. The molecular formula is C12H12F2N3O2+. The first kappa shape index (κ1) is 12.0. The molecule has 3 rings (SSSR count). The second-order valence-electron chi connectivity index (χ2n) is 4.75. The highest BCUT2D eigenvalue weighted by Crippen LogP contribution is 2.27. The Morgan fingerprint density at radius 1 is 1.47 bits per heavy atom. The third-order valence-corrected chi connectivity index (χ3v) is 3.53. The van der Waals surface area contributed by atoms with Crippen LogP contribution in [0.3, 0.4) is 0 Å². The highest BCUT2D eigenvalue weighted by atomic mass is 19.1. The Morgan fingerprint density at radius 3 is 2.95 bits per heavy atom. The van der Waals surface area contributed by atoms with Crippen LogP contribution < -0.4 is 10.2 Å². The summed E-state index contributed by atoms with van der Waals surface area (Å²) in [7, 11) is 0. The number of halogens is 2. The number of hydrogen-bond donors (Lipinski definition) is 1. The van der Waals surface area contributed by atoms with Crippen molar-refractivity contribution in [3.63, 3.8) is 0 Å². The average Bonchev–Trinajstić information content (AvgIpc) is 2.97. The van der Waals surface area contributed by atoms with E-state index < -0.39 is 23.5 Å². The Labute approximate surface area is 106 Å². The zero-order valence-electron chi connectivity index (χ0n) is 9.97. The number of nitrogens with zero attached hydrogens (tertiary/aromatic N) is 2. The number of alkyl halides is 1. The van der Waals surface area contributed by atoms with Gasteiger partial charge in [0.05, 0.1) is 12.1 Å². The maximum absolute atomic E-state index is 13.5. The van der Waals surface area contributed by atoms with Crippen LogP contribution in [0.5, 0.6) is 0 Å². The standard InChI is InChI=1S/C12H11F2N3O2/c13-8-2-1-7(5-8)12(19)17-6-15-11(18)10-9(14)3-4-16(10)17/h3-4,6-8H,1-2,5H2/p+1/t7-,8+/m0/s1. The minimum atomic E-state index is -0.964. The maximum Gasteiger partial charge on any atom is 0.362 e. The molecule has 0 amide bonds. The van der Waals surface area contributed by atoms with Crippen molar-refractivity contribution >= 4 is 11.4 Å². The molecule has 2 aromatic heterocycles. The molecule has 1 N–H and O–H groups in total. The fraction of sp³-hybridized carbons (Fsp3) is 0.417. The van der Waals surface area contributed by atoms with Crippen LogP contribution in [0.4, 0.5) is 8.78 Å². The van der Waals surface area contributed by atoms with E-state index in [9.17, 15) is 18.4 Å². The van der Waals surface area contributed by atoms with E-state index in [1.54, 1.807) is 0 Å². The zero-order chi connectivity index (χ0) is 13.6. The first-order chi connectivity index (χ1) is 9.08. The predicted octanol–water partition coefficient (Wildman–Crippen LogP) is 0.833. The van der Waals surface area contributed by atoms with Crippen LogP contribution in [0.15, 0.2) is 23.4 Å². The molecule has 1 saturated carbocycles. The summed E-state index contributed by atoms with van der Waals surface area (Å²) in [5.74, 6) is -1.46. The van der Waals surface area contributed by atoms with Gasteiger partial charge in [0, 0.05) is 0 Å². The summed E-state index contributed by atoms with van der Waals surface area (Å²) in [6.45, 7) is 0. The van der Waals surface area contributed by atoms with Crippen LogP contribution in [0.1, 0.15) is 24.1 Å². The zero-order valence-corrected chi connectivity index (χ0v) is 9.97. The summed E-state index contributed by atoms with van der Waals surface area (Å²) in [4.78, 5) is 26.1. The molecule has 1 aliphatic rings. The third-order valence-electron chi connectivity index (χ3n) is 3.53. The van der Waals surface area contributed by atoms with Gasteiger partial charge in [0.15, 0.2) is 5.82 Å². The Kier molecular flexibility index (Phi) is 2.69. The molecule has 0 aromatic carbocycles. The topological polar surface area (TPSA) is 58.2 Å². The lowest BCUT2D eigenvalue weighted by Crippen LogP contribution is -2.53. The van der Waals surface area contributed by atoms with E-state index in [4.69, 9.17) is 0 Å². The molecule has 19 heavy (non-hydrogen) atoms. The minimum absolute atomic E-state index is 0.177. The van der Waals surface area contributed by atoms with Gasteiger partial charge < -0.3 is 0 Å². The summed E-state index contributed by atoms with van der Waals surface area (Å²) >= 11 is 0. The van der Waals surface area contributed by atoms with Crippen molar-refractivity contribution in [3.8, 4) is 0 Å². The van der Waals surface area contributed by atoms with Gasteiger partial charge in [-0.1, -0.05) is 4.68 Å². The van der Waals surface area contributed by atoms with Crippen molar-refractivity contribution < 1.29 is 18.3 Å². The van der Waals surface area contributed by atoms with Crippen LogP contribution in [0, 0.1) is 11.7 Å². The molecule has 0 radical (unpaired) electrons. The maximum atomic E-state index is 13.5. The number of rotatable bonds is 1. The SMILES string of the molecule is O=C([C@H]1CC[C@@H](F)C1)[n+]1c[nH]c(=O)c2c(F)ccn21. The van der Waals surface area contributed by atoms with Crippen molar-refractivity contribution in [2.24, 2.45) is 5.92 Å². The van der Waals surface area contributed by atoms with E-state index in [1.807, 2.05) is 0 Å². The number of fused-ring (bicyclic) bond motifs is 1. The lowest BCUT2D eigenvalue weighted by atomic mass is 10.1. The van der Waals surface area contributed by atoms with Crippen LogP contribution >= 0.6 is 0 Å². The molecule has 0 unspecified atom stereocenters. The van der Waals surface area contributed by atoms with Gasteiger partial charge in [-0.15, -0.1) is 0 Å². The van der Waals surface area contributed by atoms with E-state index >= 15 is 0 Å². The van der Waals surface area contributed by atoms with E-state index in [1.165, 1.54) is 12.5 Å². The first-order valence-corrected chi connectivity index (χ1v) is 6.06. The molecule has 7 heteroatoms. The van der Waals surface area contributed by atoms with Crippen molar-refractivity contribution in [1.82, 2.24) is 9.50 Å². The molecule has 0 spiro atoms. The highest BCUT2D eigenvalue weighted by molar-refractivity contribution is 5.70. The minimum Gasteiger partial charge on any atom is -0.247 e. The van der Waals surface area contributed by atoms with Crippen LogP contribution in [-0.2, 0) is 0 Å². The van der Waals surface area contributed by atoms with Crippen LogP contribution in [-0.4, -0.2) is 21.6 Å². The van der Waals surface area contributed by atoms with E-state index in [2.05, 4.69) is 4.98 Å². The van der Waals surface area contributed by atoms with Crippen molar-refractivity contribution in [1.29, 1.82) is 0 Å². The van der Waals surface area contributed by atoms with Gasteiger partial charge in [0.2, 0.25) is 5.52 Å². The molecule has 0 aliphatic heterocycles. The Bertz CT molecular complexity index is 707. The number of nitrogens with one attached hydrogen (secondary N) is 1. The smallest absolute Gasteiger partial charge is 0.247 e. The van der Waals surface area contributed by atoms with E-state index in [0.717, 1.165) is 15.3 Å². The van der Waals surface area contributed by atoms with E-state index in [-0.39, 0.29) is 17.8 Å². The molecular weight excluding hydrogens is 256 g/mol. The second-order valence-corrected chi connectivity index (χ2v) is 4.75. The summed E-state index contributed by atoms with van der Waals surface area (Å²) in [5, 5.41) is 0. The van der Waals surface area contributed by atoms with Gasteiger partial charge >= 0.3 is 11.5 Å². The van der Waals surface area contributed by atoms with Gasteiger partial charge in [0.25, 0.3) is 6.33 Å². The number of aromatic nitrogens is 3. The summed E-state index contributed by atoms with van der Waals surface area (Å²) < 4.78 is 28.9. The second kappa shape index (κ2) is 4.25. The average molecular weight is 268 g/mol. The summed E-state index contributed by atoms with van der Waals surface area (Å²) in [5.41, 5.74) is -0.827. The third kappa shape index (κ3) is 1.85. The number of H-pyrrole nitrogens is 1. The summed E-state index contributed by atoms with van der Waals surface area (Å²) in [6, 6.07) is 1.11. The summed E-state index contributed by atoms with van der Waals surface area (Å²) in [6.07, 6.45) is 2.54.